The third-order valence-electron chi connectivity index (χ3n) is 3.05. The van der Waals surface area contributed by atoms with E-state index in [9.17, 15) is 4.79 Å². The van der Waals surface area contributed by atoms with E-state index < -0.39 is 0 Å². The summed E-state index contributed by atoms with van der Waals surface area (Å²) in [5.41, 5.74) is 6.72. The van der Waals surface area contributed by atoms with Gasteiger partial charge in [0, 0.05) is 6.54 Å². The molecule has 1 unspecified atom stereocenters. The molecule has 7 heteroatoms. The average molecular weight is 305 g/mol. The highest BCUT2D eigenvalue weighted by atomic mass is 16.5. The van der Waals surface area contributed by atoms with Crippen molar-refractivity contribution in [3.05, 3.63) is 41.6 Å². The van der Waals surface area contributed by atoms with Gasteiger partial charge < -0.3 is 24.9 Å². The van der Waals surface area contributed by atoms with E-state index in [1.165, 1.54) is 6.26 Å². The van der Waals surface area contributed by atoms with Gasteiger partial charge in [-0.1, -0.05) is 6.07 Å². The number of benzene rings is 1. The first-order valence-corrected chi connectivity index (χ1v) is 6.75. The second-order valence-electron chi connectivity index (χ2n) is 4.73. The van der Waals surface area contributed by atoms with Gasteiger partial charge in [0.1, 0.15) is 6.26 Å². The molecule has 0 aliphatic rings. The Hall–Kier alpha value is -2.54. The fourth-order valence-electron chi connectivity index (χ4n) is 1.86. The zero-order valence-electron chi connectivity index (χ0n) is 12.8. The summed E-state index contributed by atoms with van der Waals surface area (Å²) in [7, 11) is 3.13. The van der Waals surface area contributed by atoms with Gasteiger partial charge >= 0.3 is 0 Å². The second kappa shape index (κ2) is 6.95. The second-order valence-corrected chi connectivity index (χ2v) is 4.73. The molecule has 22 heavy (non-hydrogen) atoms. The molecule has 3 N–H and O–H groups in total. The fourth-order valence-corrected chi connectivity index (χ4v) is 1.86. The predicted molar refractivity (Wildman–Crippen MR) is 79.8 cm³/mol. The summed E-state index contributed by atoms with van der Waals surface area (Å²) in [6, 6.07) is 5.07. The minimum Gasteiger partial charge on any atom is -0.493 e. The number of nitrogens with two attached hydrogens (primary N) is 1. The number of hydrogen-bond donors (Lipinski definition) is 2. The molecule has 118 valence electrons. The molecule has 2 rings (SSSR count). The Morgan fingerprint density at radius 2 is 2.09 bits per heavy atom. The maximum Gasteiger partial charge on any atom is 0.273 e. The monoisotopic (exact) mass is 305 g/mol. The minimum atomic E-state index is -0.354. The highest BCUT2D eigenvalue weighted by Crippen LogP contribution is 2.27. The van der Waals surface area contributed by atoms with Crippen LogP contribution < -0.4 is 20.5 Å². The predicted octanol–water partition coefficient (Wildman–Crippen LogP) is 1.64. The first-order valence-electron chi connectivity index (χ1n) is 6.75. The molecule has 1 heterocycles. The smallest absolute Gasteiger partial charge is 0.273 e. The summed E-state index contributed by atoms with van der Waals surface area (Å²) in [6.07, 6.45) is 1.29. The van der Waals surface area contributed by atoms with E-state index in [-0.39, 0.29) is 17.6 Å². The molecular weight excluding hydrogens is 286 g/mol. The van der Waals surface area contributed by atoms with Crippen molar-refractivity contribution in [3.8, 4) is 11.5 Å². The van der Waals surface area contributed by atoms with Crippen LogP contribution in [0.15, 0.2) is 28.9 Å². The van der Waals surface area contributed by atoms with Crippen molar-refractivity contribution < 1.29 is 18.7 Å². The lowest BCUT2D eigenvalue weighted by Crippen LogP contribution is -2.23. The molecule has 0 saturated heterocycles. The molecule has 1 amide bonds. The van der Waals surface area contributed by atoms with Crippen LogP contribution in [-0.4, -0.2) is 25.1 Å². The highest BCUT2D eigenvalue weighted by molar-refractivity contribution is 5.91. The SMILES string of the molecule is COc1ccc(CNC(=O)c2coc(C(C)N)n2)cc1OC. The first-order chi connectivity index (χ1) is 10.5. The van der Waals surface area contributed by atoms with Gasteiger partial charge in [-0.15, -0.1) is 0 Å². The third kappa shape index (κ3) is 3.56. The molecule has 0 bridgehead atoms. The largest absolute Gasteiger partial charge is 0.493 e. The van der Waals surface area contributed by atoms with Crippen LogP contribution in [0.4, 0.5) is 0 Å². The van der Waals surface area contributed by atoms with Crippen molar-refractivity contribution in [1.82, 2.24) is 10.3 Å². The van der Waals surface area contributed by atoms with E-state index >= 15 is 0 Å². The van der Waals surface area contributed by atoms with E-state index in [4.69, 9.17) is 19.6 Å². The number of methoxy groups -OCH3 is 2. The quantitative estimate of drug-likeness (QED) is 0.841. The molecule has 0 radical (unpaired) electrons. The van der Waals surface area contributed by atoms with Gasteiger partial charge in [-0.05, 0) is 24.6 Å². The third-order valence-corrected chi connectivity index (χ3v) is 3.05. The van der Waals surface area contributed by atoms with Crippen molar-refractivity contribution in [2.45, 2.75) is 19.5 Å². The number of ether oxygens (including phenoxy) is 2. The molecular formula is C15H19N3O4. The summed E-state index contributed by atoms with van der Waals surface area (Å²) in [5, 5.41) is 2.76. The van der Waals surface area contributed by atoms with Gasteiger partial charge in [0.2, 0.25) is 5.89 Å². The number of hydrogen-bond acceptors (Lipinski definition) is 6. The van der Waals surface area contributed by atoms with Gasteiger partial charge in [0.25, 0.3) is 5.91 Å². The molecule has 1 aromatic heterocycles. The van der Waals surface area contributed by atoms with Gasteiger partial charge in [0.05, 0.1) is 20.3 Å². The Morgan fingerprint density at radius 3 is 2.68 bits per heavy atom. The van der Waals surface area contributed by atoms with Crippen molar-refractivity contribution in [2.75, 3.05) is 14.2 Å². The zero-order chi connectivity index (χ0) is 16.1. The van der Waals surface area contributed by atoms with Crippen LogP contribution in [0.3, 0.4) is 0 Å². The van der Waals surface area contributed by atoms with Gasteiger partial charge in [-0.2, -0.15) is 0 Å². The van der Waals surface area contributed by atoms with Gasteiger partial charge in [0.15, 0.2) is 17.2 Å². The normalized spacial score (nSPS) is 11.8. The minimum absolute atomic E-state index is 0.202. The van der Waals surface area contributed by atoms with Crippen LogP contribution >= 0.6 is 0 Å². The maximum absolute atomic E-state index is 12.0. The Balaban J connectivity index is 2.01. The Morgan fingerprint density at radius 1 is 1.36 bits per heavy atom. The van der Waals surface area contributed by atoms with E-state index in [0.29, 0.717) is 23.9 Å². The number of nitrogens with zero attached hydrogens (tertiary/aromatic N) is 1. The molecule has 7 nitrogen and oxygen atoms in total. The number of carbonyl (C=O) groups excluding carboxylic acids is 1. The maximum atomic E-state index is 12.0. The van der Waals surface area contributed by atoms with E-state index in [2.05, 4.69) is 10.3 Å². The average Bonchev–Trinajstić information content (AvgIpc) is 3.02. The first kappa shape index (κ1) is 15.8. The van der Waals surface area contributed by atoms with E-state index in [1.807, 2.05) is 6.07 Å². The van der Waals surface area contributed by atoms with Crippen LogP contribution in [0, 0.1) is 0 Å². The van der Waals surface area contributed by atoms with Crippen LogP contribution in [0.1, 0.15) is 34.9 Å². The topological polar surface area (TPSA) is 99.6 Å². The Kier molecular flexibility index (Phi) is 5.00. The molecule has 0 saturated carbocycles. The number of nitrogens with one attached hydrogen (secondary N) is 1. The van der Waals surface area contributed by atoms with Gasteiger partial charge in [-0.3, -0.25) is 4.79 Å². The number of rotatable bonds is 6. The molecule has 1 atom stereocenters. The number of oxazole rings is 1. The summed E-state index contributed by atoms with van der Waals surface area (Å²) >= 11 is 0. The van der Waals surface area contributed by atoms with Crippen molar-refractivity contribution in [3.63, 3.8) is 0 Å². The van der Waals surface area contributed by atoms with Crippen LogP contribution in [0.25, 0.3) is 0 Å². The molecule has 0 aliphatic heterocycles. The standard InChI is InChI=1S/C15H19N3O4/c1-9(16)15-18-11(8-22-15)14(19)17-7-10-4-5-12(20-2)13(6-10)21-3/h4-6,8-9H,7,16H2,1-3H3,(H,17,19). The van der Waals surface area contributed by atoms with Crippen LogP contribution in [0.5, 0.6) is 11.5 Å². The molecule has 1 aromatic carbocycles. The summed E-state index contributed by atoms with van der Waals surface area (Å²) in [4.78, 5) is 16.0. The van der Waals surface area contributed by atoms with Crippen LogP contribution in [-0.2, 0) is 6.54 Å². The molecule has 2 aromatic rings. The summed E-state index contributed by atoms with van der Waals surface area (Å²) < 4.78 is 15.5. The lowest BCUT2D eigenvalue weighted by molar-refractivity contribution is 0.0946. The fraction of sp³-hybridized carbons (Fsp3) is 0.333. The molecule has 0 spiro atoms. The Bertz CT molecular complexity index is 652. The summed E-state index contributed by atoms with van der Waals surface area (Å²) in [6.45, 7) is 2.07. The number of amides is 1. The van der Waals surface area contributed by atoms with Crippen molar-refractivity contribution >= 4 is 5.91 Å². The number of carbonyl (C=O) groups is 1. The number of aromatic nitrogens is 1. The van der Waals surface area contributed by atoms with Crippen molar-refractivity contribution in [1.29, 1.82) is 0 Å². The van der Waals surface area contributed by atoms with Gasteiger partial charge in [-0.25, -0.2) is 4.98 Å². The lowest BCUT2D eigenvalue weighted by atomic mass is 10.2. The van der Waals surface area contributed by atoms with E-state index in [0.717, 1.165) is 5.56 Å². The molecule has 0 fully saturated rings. The summed E-state index contributed by atoms with van der Waals surface area (Å²) in [5.74, 6) is 1.24. The van der Waals surface area contributed by atoms with E-state index in [1.54, 1.807) is 33.3 Å². The van der Waals surface area contributed by atoms with Crippen molar-refractivity contribution in [2.24, 2.45) is 5.73 Å². The molecule has 0 aliphatic carbocycles. The zero-order valence-corrected chi connectivity index (χ0v) is 12.8. The Labute approximate surface area is 128 Å². The van der Waals surface area contributed by atoms with Crippen LogP contribution in [0.2, 0.25) is 0 Å². The highest BCUT2D eigenvalue weighted by Gasteiger charge is 2.14. The lowest BCUT2D eigenvalue weighted by Gasteiger charge is -2.09.